The van der Waals surface area contributed by atoms with E-state index in [1.807, 2.05) is 49.4 Å². The van der Waals surface area contributed by atoms with E-state index in [1.54, 1.807) is 0 Å². The molecule has 3 aliphatic rings. The van der Waals surface area contributed by atoms with Gasteiger partial charge in [-0.05, 0) is 79.1 Å². The SMILES string of the molecule is CCOc1cc(C2C3=C(CCCC3=O)N(Cc3ccccc3)C3=C2C(=O)CCC3)cc(Cl)c1OCc1c(C)ccc2ccccc12. The second kappa shape index (κ2) is 12.8. The van der Waals surface area contributed by atoms with Crippen LogP contribution in [0, 0.1) is 6.92 Å². The van der Waals surface area contributed by atoms with Crippen molar-refractivity contribution >= 4 is 33.9 Å². The maximum absolute atomic E-state index is 13.8. The van der Waals surface area contributed by atoms with Gasteiger partial charge < -0.3 is 14.4 Å². The Morgan fingerprint density at radius 3 is 2.17 bits per heavy atom. The molecule has 4 aromatic rings. The summed E-state index contributed by atoms with van der Waals surface area (Å²) < 4.78 is 12.6. The van der Waals surface area contributed by atoms with Gasteiger partial charge >= 0.3 is 0 Å². The van der Waals surface area contributed by atoms with Gasteiger partial charge in [-0.15, -0.1) is 0 Å². The molecule has 6 heteroatoms. The first kappa shape index (κ1) is 30.3. The van der Waals surface area contributed by atoms with E-state index in [1.165, 1.54) is 0 Å². The Morgan fingerprint density at radius 2 is 1.48 bits per heavy atom. The van der Waals surface area contributed by atoms with Crippen molar-refractivity contribution in [3.63, 3.8) is 0 Å². The van der Waals surface area contributed by atoms with Crippen molar-refractivity contribution in [2.24, 2.45) is 0 Å². The van der Waals surface area contributed by atoms with Gasteiger partial charge in [0.05, 0.1) is 11.6 Å². The predicted molar refractivity (Wildman–Crippen MR) is 182 cm³/mol. The molecule has 0 atom stereocenters. The number of hydrogen-bond donors (Lipinski definition) is 0. The number of carbonyl (C=O) groups excluding carboxylic acids is 2. The number of ether oxygens (including phenoxy) is 2. The Kier molecular flexibility index (Phi) is 8.44. The van der Waals surface area contributed by atoms with Crippen molar-refractivity contribution in [1.29, 1.82) is 0 Å². The predicted octanol–water partition coefficient (Wildman–Crippen LogP) is 9.39. The smallest absolute Gasteiger partial charge is 0.180 e. The topological polar surface area (TPSA) is 55.8 Å². The normalized spacial score (nSPS) is 17.0. The third-order valence-corrected chi connectivity index (χ3v) is 9.85. The lowest BCUT2D eigenvalue weighted by Gasteiger charge is -2.44. The summed E-state index contributed by atoms with van der Waals surface area (Å²) >= 11 is 7.06. The fourth-order valence-corrected chi connectivity index (χ4v) is 7.72. The lowest BCUT2D eigenvalue weighted by molar-refractivity contribution is -0.117. The highest BCUT2D eigenvalue weighted by atomic mass is 35.5. The van der Waals surface area contributed by atoms with Crippen LogP contribution in [0.2, 0.25) is 5.02 Å². The first-order valence-corrected chi connectivity index (χ1v) is 16.7. The highest BCUT2D eigenvalue weighted by Gasteiger charge is 2.43. The van der Waals surface area contributed by atoms with Crippen LogP contribution in [0.4, 0.5) is 0 Å². The van der Waals surface area contributed by atoms with Gasteiger partial charge in [0.2, 0.25) is 0 Å². The highest BCUT2D eigenvalue weighted by molar-refractivity contribution is 6.32. The second-order valence-electron chi connectivity index (χ2n) is 12.4. The summed E-state index contributed by atoms with van der Waals surface area (Å²) in [6.07, 6.45) is 4.15. The number of Topliss-reactive ketones (excluding diaryl/α,β-unsaturated/α-hetero) is 2. The Morgan fingerprint density at radius 1 is 0.804 bits per heavy atom. The molecule has 234 valence electrons. The average Bonchev–Trinajstić information content (AvgIpc) is 3.06. The van der Waals surface area contributed by atoms with Crippen molar-refractivity contribution < 1.29 is 19.1 Å². The molecule has 0 unspecified atom stereocenters. The molecule has 0 N–H and O–H groups in total. The molecular formula is C40H38ClNO4. The molecule has 4 aromatic carbocycles. The molecule has 7 rings (SSSR count). The number of halogens is 1. The molecule has 0 saturated heterocycles. The van der Waals surface area contributed by atoms with Gasteiger partial charge in [0.15, 0.2) is 23.1 Å². The van der Waals surface area contributed by atoms with Crippen LogP contribution < -0.4 is 9.47 Å². The molecule has 5 nitrogen and oxygen atoms in total. The van der Waals surface area contributed by atoms with Crippen molar-refractivity contribution in [2.45, 2.75) is 71.4 Å². The molecular weight excluding hydrogens is 594 g/mol. The number of rotatable bonds is 8. The highest BCUT2D eigenvalue weighted by Crippen LogP contribution is 2.51. The van der Waals surface area contributed by atoms with Crippen LogP contribution in [0.3, 0.4) is 0 Å². The monoisotopic (exact) mass is 631 g/mol. The minimum Gasteiger partial charge on any atom is -0.490 e. The fourth-order valence-electron chi connectivity index (χ4n) is 7.45. The van der Waals surface area contributed by atoms with Crippen molar-refractivity contribution in [3.05, 3.63) is 129 Å². The number of fused-ring (bicyclic) bond motifs is 1. The van der Waals surface area contributed by atoms with Crippen LogP contribution in [-0.2, 0) is 22.7 Å². The zero-order valence-electron chi connectivity index (χ0n) is 26.4. The summed E-state index contributed by atoms with van der Waals surface area (Å²) in [6, 6.07) is 26.6. The molecule has 0 spiro atoms. The summed E-state index contributed by atoms with van der Waals surface area (Å²) in [6.45, 7) is 5.39. The number of nitrogens with zero attached hydrogens (tertiary/aromatic N) is 1. The Labute approximate surface area is 275 Å². The number of ketones is 2. The van der Waals surface area contributed by atoms with Crippen LogP contribution >= 0.6 is 11.6 Å². The number of carbonyl (C=O) groups is 2. The average molecular weight is 632 g/mol. The first-order valence-electron chi connectivity index (χ1n) is 16.3. The Hall–Kier alpha value is -4.35. The largest absolute Gasteiger partial charge is 0.490 e. The van der Waals surface area contributed by atoms with Crippen LogP contribution in [0.15, 0.2) is 101 Å². The molecule has 0 aromatic heterocycles. The lowest BCUT2D eigenvalue weighted by Crippen LogP contribution is -2.38. The maximum atomic E-state index is 13.8. The van der Waals surface area contributed by atoms with E-state index >= 15 is 0 Å². The fraction of sp³-hybridized carbons (Fsp3) is 0.300. The molecule has 2 aliphatic carbocycles. The van der Waals surface area contributed by atoms with Gasteiger partial charge in [0.25, 0.3) is 0 Å². The molecule has 0 radical (unpaired) electrons. The van der Waals surface area contributed by atoms with Gasteiger partial charge in [-0.1, -0.05) is 78.3 Å². The lowest BCUT2D eigenvalue weighted by atomic mass is 9.71. The third kappa shape index (κ3) is 5.51. The molecule has 0 saturated carbocycles. The second-order valence-corrected chi connectivity index (χ2v) is 12.8. The summed E-state index contributed by atoms with van der Waals surface area (Å²) in [5, 5.41) is 2.70. The standard InChI is InChI=1S/C40H38ClNO4/c1-3-45-36-22-28(21-31(41)40(36)46-24-30-25(2)19-20-27-13-7-8-14-29(27)30)37-38-32(15-9-17-34(38)43)42(23-26-11-5-4-6-12-26)33-16-10-18-35(44)39(33)37/h4-8,11-14,19-22,37H,3,9-10,15-18,23-24H2,1-2H3. The van der Waals surface area contributed by atoms with E-state index in [2.05, 4.69) is 48.2 Å². The van der Waals surface area contributed by atoms with E-state index in [0.29, 0.717) is 49.1 Å². The van der Waals surface area contributed by atoms with Gasteiger partial charge in [0.1, 0.15) is 6.61 Å². The van der Waals surface area contributed by atoms with Crippen LogP contribution in [0.1, 0.15) is 73.6 Å². The van der Waals surface area contributed by atoms with Gasteiger partial charge in [0, 0.05) is 53.4 Å². The van der Waals surface area contributed by atoms with Crippen molar-refractivity contribution in [3.8, 4) is 11.5 Å². The Bertz CT molecular complexity index is 1860. The quantitative estimate of drug-likeness (QED) is 0.194. The van der Waals surface area contributed by atoms with Crippen molar-refractivity contribution in [2.75, 3.05) is 6.61 Å². The molecule has 0 bridgehead atoms. The van der Waals surface area contributed by atoms with E-state index in [0.717, 1.165) is 81.2 Å². The van der Waals surface area contributed by atoms with Gasteiger partial charge in [-0.25, -0.2) is 0 Å². The zero-order chi connectivity index (χ0) is 31.8. The van der Waals surface area contributed by atoms with Crippen LogP contribution in [-0.4, -0.2) is 23.1 Å². The summed E-state index contributed by atoms with van der Waals surface area (Å²) in [7, 11) is 0. The molecule has 1 aliphatic heterocycles. The number of allylic oxidation sites excluding steroid dienone is 4. The van der Waals surface area contributed by atoms with E-state index in [4.69, 9.17) is 21.1 Å². The Balaban J connectivity index is 1.32. The van der Waals surface area contributed by atoms with E-state index in [-0.39, 0.29) is 11.6 Å². The molecule has 1 heterocycles. The summed E-state index contributed by atoms with van der Waals surface area (Å²) in [4.78, 5) is 30.0. The molecule has 0 fully saturated rings. The zero-order valence-corrected chi connectivity index (χ0v) is 27.2. The van der Waals surface area contributed by atoms with E-state index < -0.39 is 5.92 Å². The number of hydrogen-bond acceptors (Lipinski definition) is 5. The van der Waals surface area contributed by atoms with Crippen molar-refractivity contribution in [1.82, 2.24) is 4.90 Å². The number of benzene rings is 4. The minimum atomic E-state index is -0.483. The third-order valence-electron chi connectivity index (χ3n) is 9.57. The summed E-state index contributed by atoms with van der Waals surface area (Å²) in [5.74, 6) is 0.716. The van der Waals surface area contributed by atoms with Gasteiger partial charge in [-0.3, -0.25) is 9.59 Å². The van der Waals surface area contributed by atoms with Gasteiger partial charge in [-0.2, -0.15) is 0 Å². The number of aryl methyl sites for hydroxylation is 1. The molecule has 0 amide bonds. The maximum Gasteiger partial charge on any atom is 0.180 e. The minimum absolute atomic E-state index is 0.107. The van der Waals surface area contributed by atoms with E-state index in [9.17, 15) is 9.59 Å². The summed E-state index contributed by atoms with van der Waals surface area (Å²) in [5.41, 5.74) is 7.73. The molecule has 46 heavy (non-hydrogen) atoms. The van der Waals surface area contributed by atoms with Crippen LogP contribution in [0.25, 0.3) is 10.8 Å². The van der Waals surface area contributed by atoms with Crippen LogP contribution in [0.5, 0.6) is 11.5 Å². The first-order chi connectivity index (χ1) is 22.4.